The molecule has 0 saturated carbocycles. The average molecular weight is 345 g/mol. The van der Waals surface area contributed by atoms with E-state index in [0.717, 1.165) is 12.8 Å². The second-order valence-corrected chi connectivity index (χ2v) is 6.05. The predicted molar refractivity (Wildman–Crippen MR) is 97.0 cm³/mol. The van der Waals surface area contributed by atoms with E-state index in [2.05, 4.69) is 17.6 Å². The molecule has 0 saturated heterocycles. The van der Waals surface area contributed by atoms with E-state index in [1.54, 1.807) is 24.3 Å². The number of nitriles is 1. The average Bonchev–Trinajstić information content (AvgIpc) is 2.59. The molecule has 2 amide bonds. The lowest BCUT2D eigenvalue weighted by molar-refractivity contribution is -0.129. The molecular weight excluding hydrogens is 318 g/mol. The molecular formula is C19H27N3O3. The van der Waals surface area contributed by atoms with Crippen LogP contribution in [0.4, 0.5) is 5.69 Å². The number of carbonyl (C=O) groups excluding carboxylic acids is 2. The molecule has 1 atom stereocenters. The lowest BCUT2D eigenvalue weighted by atomic mass is 10.1. The van der Waals surface area contributed by atoms with Crippen molar-refractivity contribution >= 4 is 17.5 Å². The number of benzene rings is 1. The lowest BCUT2D eigenvalue weighted by Crippen LogP contribution is -2.36. The maximum atomic E-state index is 11.8. The summed E-state index contributed by atoms with van der Waals surface area (Å²) < 4.78 is 5.14. The Balaban J connectivity index is 2.17. The van der Waals surface area contributed by atoms with Gasteiger partial charge in [0.1, 0.15) is 13.2 Å². The highest BCUT2D eigenvalue weighted by Crippen LogP contribution is 2.08. The Labute approximate surface area is 149 Å². The molecule has 0 radical (unpaired) electrons. The normalized spacial score (nSPS) is 11.4. The van der Waals surface area contributed by atoms with Crippen LogP contribution in [0.3, 0.4) is 0 Å². The minimum atomic E-state index is -0.342. The van der Waals surface area contributed by atoms with Gasteiger partial charge in [-0.3, -0.25) is 9.59 Å². The number of nitrogens with one attached hydrogen (secondary N) is 2. The zero-order chi connectivity index (χ0) is 18.5. The van der Waals surface area contributed by atoms with Gasteiger partial charge in [0.2, 0.25) is 11.8 Å². The summed E-state index contributed by atoms with van der Waals surface area (Å²) in [6.45, 7) is 3.81. The maximum Gasteiger partial charge on any atom is 0.250 e. The highest BCUT2D eigenvalue weighted by atomic mass is 16.5. The van der Waals surface area contributed by atoms with E-state index in [4.69, 9.17) is 10.00 Å². The summed E-state index contributed by atoms with van der Waals surface area (Å²) in [5, 5.41) is 14.2. The summed E-state index contributed by atoms with van der Waals surface area (Å²) >= 11 is 0. The molecule has 0 spiro atoms. The van der Waals surface area contributed by atoms with Crippen molar-refractivity contribution in [3.8, 4) is 6.07 Å². The number of unbranched alkanes of at least 4 members (excludes halogenated alkanes) is 3. The van der Waals surface area contributed by atoms with Crippen molar-refractivity contribution in [3.63, 3.8) is 0 Å². The van der Waals surface area contributed by atoms with E-state index in [1.165, 1.54) is 19.3 Å². The van der Waals surface area contributed by atoms with Crippen LogP contribution in [0, 0.1) is 11.3 Å². The molecule has 1 unspecified atom stereocenters. The highest BCUT2D eigenvalue weighted by Gasteiger charge is 2.09. The summed E-state index contributed by atoms with van der Waals surface area (Å²) in [6, 6.07) is 8.64. The number of rotatable bonds is 11. The molecule has 0 aliphatic heterocycles. The van der Waals surface area contributed by atoms with Crippen molar-refractivity contribution in [1.29, 1.82) is 5.26 Å². The fraction of sp³-hybridized carbons (Fsp3) is 0.526. The Morgan fingerprint density at radius 2 is 1.80 bits per heavy atom. The number of nitrogens with zero attached hydrogens (tertiary/aromatic N) is 1. The van der Waals surface area contributed by atoms with Crippen LogP contribution in [0.1, 0.15) is 51.5 Å². The van der Waals surface area contributed by atoms with Gasteiger partial charge in [0.05, 0.1) is 11.6 Å². The van der Waals surface area contributed by atoms with Crippen LogP contribution in [0.25, 0.3) is 0 Å². The Morgan fingerprint density at radius 1 is 1.12 bits per heavy atom. The van der Waals surface area contributed by atoms with Gasteiger partial charge in [-0.25, -0.2) is 0 Å². The summed E-state index contributed by atoms with van der Waals surface area (Å²) in [7, 11) is 0. The van der Waals surface area contributed by atoms with Gasteiger partial charge in [-0.2, -0.15) is 5.26 Å². The van der Waals surface area contributed by atoms with Crippen molar-refractivity contribution in [1.82, 2.24) is 5.32 Å². The molecule has 0 aliphatic rings. The summed E-state index contributed by atoms with van der Waals surface area (Å²) in [5.74, 6) is -0.556. The van der Waals surface area contributed by atoms with Crippen molar-refractivity contribution < 1.29 is 14.3 Å². The van der Waals surface area contributed by atoms with Crippen molar-refractivity contribution in [2.24, 2.45) is 0 Å². The second-order valence-electron chi connectivity index (χ2n) is 6.05. The number of hydrogen-bond donors (Lipinski definition) is 2. The van der Waals surface area contributed by atoms with Gasteiger partial charge in [-0.1, -0.05) is 32.6 Å². The molecule has 1 aromatic carbocycles. The first-order chi connectivity index (χ1) is 12.0. The molecule has 25 heavy (non-hydrogen) atoms. The highest BCUT2D eigenvalue weighted by molar-refractivity contribution is 5.91. The number of amides is 2. The first-order valence-electron chi connectivity index (χ1n) is 8.72. The van der Waals surface area contributed by atoms with Crippen LogP contribution in [-0.2, 0) is 14.3 Å². The van der Waals surface area contributed by atoms with Crippen LogP contribution in [0.15, 0.2) is 24.3 Å². The fourth-order valence-corrected chi connectivity index (χ4v) is 2.33. The topological polar surface area (TPSA) is 91.2 Å². The number of anilines is 1. The molecule has 6 nitrogen and oxygen atoms in total. The van der Waals surface area contributed by atoms with Crippen molar-refractivity contribution in [2.45, 2.75) is 52.0 Å². The first kappa shape index (κ1) is 20.7. The van der Waals surface area contributed by atoms with Gasteiger partial charge in [0.25, 0.3) is 0 Å². The third-order valence-corrected chi connectivity index (χ3v) is 3.66. The number of hydrogen-bond acceptors (Lipinski definition) is 4. The molecule has 0 heterocycles. The molecule has 0 fully saturated rings. The third kappa shape index (κ3) is 9.48. The van der Waals surface area contributed by atoms with Gasteiger partial charge in [-0.15, -0.1) is 0 Å². The van der Waals surface area contributed by atoms with Gasteiger partial charge in [0, 0.05) is 11.7 Å². The van der Waals surface area contributed by atoms with Crippen molar-refractivity contribution in [2.75, 3.05) is 18.5 Å². The van der Waals surface area contributed by atoms with E-state index in [9.17, 15) is 9.59 Å². The molecule has 0 aliphatic carbocycles. The largest absolute Gasteiger partial charge is 0.362 e. The summed E-state index contributed by atoms with van der Waals surface area (Å²) in [4.78, 5) is 23.5. The Hall–Kier alpha value is -2.39. The number of carbonyl (C=O) groups is 2. The van der Waals surface area contributed by atoms with E-state index in [1.807, 2.05) is 13.0 Å². The molecule has 0 bridgehead atoms. The SMILES string of the molecule is CCCCCCC(C)NC(=O)COCC(=O)Nc1ccc(C#N)cc1. The van der Waals surface area contributed by atoms with Gasteiger partial charge >= 0.3 is 0 Å². The van der Waals surface area contributed by atoms with Gasteiger partial charge in [-0.05, 0) is 37.6 Å². The Bertz CT molecular complexity index is 579. The first-order valence-corrected chi connectivity index (χ1v) is 8.72. The van der Waals surface area contributed by atoms with Crippen LogP contribution in [0.5, 0.6) is 0 Å². The number of ether oxygens (including phenoxy) is 1. The Kier molecular flexibility index (Phi) is 9.95. The van der Waals surface area contributed by atoms with Crippen LogP contribution in [0.2, 0.25) is 0 Å². The quantitative estimate of drug-likeness (QED) is 0.603. The molecule has 1 aromatic rings. The smallest absolute Gasteiger partial charge is 0.250 e. The summed E-state index contributed by atoms with van der Waals surface area (Å²) in [6.07, 6.45) is 5.65. The molecule has 2 N–H and O–H groups in total. The van der Waals surface area contributed by atoms with E-state index in [-0.39, 0.29) is 31.1 Å². The Morgan fingerprint density at radius 3 is 2.44 bits per heavy atom. The van der Waals surface area contributed by atoms with Crippen LogP contribution < -0.4 is 10.6 Å². The molecule has 136 valence electrons. The summed E-state index contributed by atoms with van der Waals surface area (Å²) in [5.41, 5.74) is 1.10. The van der Waals surface area contributed by atoms with Crippen LogP contribution >= 0.6 is 0 Å². The molecule has 6 heteroatoms. The zero-order valence-corrected chi connectivity index (χ0v) is 15.0. The zero-order valence-electron chi connectivity index (χ0n) is 15.0. The second kappa shape index (κ2) is 12.0. The molecule has 0 aromatic heterocycles. The lowest BCUT2D eigenvalue weighted by Gasteiger charge is -2.13. The van der Waals surface area contributed by atoms with Crippen LogP contribution in [-0.4, -0.2) is 31.1 Å². The van der Waals surface area contributed by atoms with Crippen molar-refractivity contribution in [3.05, 3.63) is 29.8 Å². The maximum absolute atomic E-state index is 11.8. The molecule has 1 rings (SSSR count). The minimum absolute atomic E-state index is 0.112. The predicted octanol–water partition coefficient (Wildman–Crippen LogP) is 2.99. The standard InChI is InChI=1S/C19H27N3O3/c1-3-4-5-6-7-15(2)21-18(23)13-25-14-19(24)22-17-10-8-16(12-20)9-11-17/h8-11,15H,3-7,13-14H2,1-2H3,(H,21,23)(H,22,24). The van der Waals surface area contributed by atoms with Gasteiger partial charge < -0.3 is 15.4 Å². The monoisotopic (exact) mass is 345 g/mol. The third-order valence-electron chi connectivity index (χ3n) is 3.66. The van der Waals surface area contributed by atoms with Gasteiger partial charge in [0.15, 0.2) is 0 Å². The van der Waals surface area contributed by atoms with E-state index in [0.29, 0.717) is 11.3 Å². The van der Waals surface area contributed by atoms with E-state index < -0.39 is 0 Å². The fourth-order valence-electron chi connectivity index (χ4n) is 2.33. The minimum Gasteiger partial charge on any atom is -0.362 e. The van der Waals surface area contributed by atoms with E-state index >= 15 is 0 Å².